The van der Waals surface area contributed by atoms with E-state index in [2.05, 4.69) is 17.1 Å². The van der Waals surface area contributed by atoms with Gasteiger partial charge in [-0.3, -0.25) is 9.59 Å². The van der Waals surface area contributed by atoms with Gasteiger partial charge in [0.25, 0.3) is 0 Å². The Labute approximate surface area is 143 Å². The molecule has 1 fully saturated rings. The zero-order valence-corrected chi connectivity index (χ0v) is 15.0. The van der Waals surface area contributed by atoms with Crippen LogP contribution in [0.15, 0.2) is 18.2 Å². The lowest BCUT2D eigenvalue weighted by atomic mass is 10.1. The third-order valence-corrected chi connectivity index (χ3v) is 4.45. The monoisotopic (exact) mass is 333 g/mol. The Balaban J connectivity index is 2.00. The van der Waals surface area contributed by atoms with Crippen LogP contribution in [0.3, 0.4) is 0 Å². The van der Waals surface area contributed by atoms with Gasteiger partial charge in [-0.2, -0.15) is 0 Å². The van der Waals surface area contributed by atoms with Crippen molar-refractivity contribution in [3.63, 3.8) is 0 Å². The summed E-state index contributed by atoms with van der Waals surface area (Å²) in [5, 5.41) is 2.93. The Morgan fingerprint density at radius 2 is 2.21 bits per heavy atom. The third-order valence-electron chi connectivity index (χ3n) is 4.45. The van der Waals surface area contributed by atoms with Crippen molar-refractivity contribution in [2.75, 3.05) is 45.2 Å². The summed E-state index contributed by atoms with van der Waals surface area (Å²) in [7, 11) is 3.60. The Hall–Kier alpha value is -2.08. The number of carbonyl (C=O) groups is 2. The van der Waals surface area contributed by atoms with Crippen molar-refractivity contribution >= 4 is 17.5 Å². The normalized spacial score (nSPS) is 17.5. The molecule has 24 heavy (non-hydrogen) atoms. The average molecular weight is 333 g/mol. The average Bonchev–Trinajstić information content (AvgIpc) is 2.96. The van der Waals surface area contributed by atoms with E-state index in [1.807, 2.05) is 32.2 Å². The van der Waals surface area contributed by atoms with Crippen LogP contribution in [0.1, 0.15) is 18.9 Å². The molecule has 1 heterocycles. The maximum absolute atomic E-state index is 12.4. The number of nitrogens with one attached hydrogen (secondary N) is 1. The number of likely N-dealkylation sites (N-methyl/N-ethyl adjacent to an activating group) is 1. The summed E-state index contributed by atoms with van der Waals surface area (Å²) < 4.78 is 5.36. The quantitative estimate of drug-likeness (QED) is 0.820. The van der Waals surface area contributed by atoms with Crippen molar-refractivity contribution in [3.05, 3.63) is 23.8 Å². The lowest BCUT2D eigenvalue weighted by Crippen LogP contribution is -2.37. The fourth-order valence-corrected chi connectivity index (χ4v) is 2.80. The Kier molecular flexibility index (Phi) is 6.20. The number of hydrogen-bond acceptors (Lipinski definition) is 4. The summed E-state index contributed by atoms with van der Waals surface area (Å²) in [5.41, 5.74) is 1.79. The predicted molar refractivity (Wildman–Crippen MR) is 94.4 cm³/mol. The number of carbonyl (C=O) groups excluding carboxylic acids is 2. The number of anilines is 1. The van der Waals surface area contributed by atoms with Crippen LogP contribution in [0.4, 0.5) is 5.69 Å². The van der Waals surface area contributed by atoms with Crippen LogP contribution in [0, 0.1) is 12.8 Å². The van der Waals surface area contributed by atoms with Gasteiger partial charge in [-0.15, -0.1) is 0 Å². The number of nitrogens with zero attached hydrogens (tertiary/aromatic N) is 2. The largest absolute Gasteiger partial charge is 0.495 e. The number of benzene rings is 1. The molecule has 1 atom stereocenters. The van der Waals surface area contributed by atoms with E-state index in [0.717, 1.165) is 24.3 Å². The summed E-state index contributed by atoms with van der Waals surface area (Å²) in [6.07, 6.45) is 0.243. The molecular weight excluding hydrogens is 306 g/mol. The van der Waals surface area contributed by atoms with Crippen molar-refractivity contribution in [2.45, 2.75) is 20.3 Å². The van der Waals surface area contributed by atoms with Crippen LogP contribution in [0.25, 0.3) is 0 Å². The maximum Gasteiger partial charge on any atom is 0.227 e. The zero-order chi connectivity index (χ0) is 17.7. The van der Waals surface area contributed by atoms with Gasteiger partial charge in [0.05, 0.1) is 18.7 Å². The molecule has 1 saturated heterocycles. The molecule has 0 aliphatic carbocycles. The first-order valence-electron chi connectivity index (χ1n) is 8.37. The van der Waals surface area contributed by atoms with Gasteiger partial charge in [-0.25, -0.2) is 0 Å². The molecule has 0 radical (unpaired) electrons. The highest BCUT2D eigenvalue weighted by molar-refractivity contribution is 6.01. The molecule has 0 bridgehead atoms. The molecular formula is C18H27N3O3. The predicted octanol–water partition coefficient (Wildman–Crippen LogP) is 1.42. The molecule has 0 spiro atoms. The third kappa shape index (κ3) is 4.26. The molecule has 2 rings (SSSR count). The maximum atomic E-state index is 12.4. The van der Waals surface area contributed by atoms with Crippen molar-refractivity contribution < 1.29 is 14.3 Å². The van der Waals surface area contributed by atoms with Gasteiger partial charge < -0.3 is 19.9 Å². The van der Waals surface area contributed by atoms with Crippen LogP contribution in [0.5, 0.6) is 5.75 Å². The highest BCUT2D eigenvalue weighted by Gasteiger charge is 2.36. The van der Waals surface area contributed by atoms with Gasteiger partial charge in [0.2, 0.25) is 11.8 Å². The van der Waals surface area contributed by atoms with Gasteiger partial charge >= 0.3 is 0 Å². The van der Waals surface area contributed by atoms with Crippen molar-refractivity contribution in [1.82, 2.24) is 10.2 Å². The lowest BCUT2D eigenvalue weighted by molar-refractivity contribution is -0.126. The summed E-state index contributed by atoms with van der Waals surface area (Å²) in [5.74, 6) is 0.251. The molecule has 0 saturated carbocycles. The number of amides is 2. The second kappa shape index (κ2) is 8.15. The summed E-state index contributed by atoms with van der Waals surface area (Å²) >= 11 is 0. The fraction of sp³-hybridized carbons (Fsp3) is 0.556. The summed E-state index contributed by atoms with van der Waals surface area (Å²) in [6, 6.07) is 5.72. The number of ether oxygens (including phenoxy) is 1. The second-order valence-corrected chi connectivity index (χ2v) is 6.27. The lowest BCUT2D eigenvalue weighted by Gasteiger charge is -2.20. The van der Waals surface area contributed by atoms with Gasteiger partial charge in [0.1, 0.15) is 5.75 Å². The van der Waals surface area contributed by atoms with Crippen molar-refractivity contribution in [2.24, 2.45) is 5.92 Å². The number of methoxy groups -OCH3 is 1. The first kappa shape index (κ1) is 18.3. The number of hydrogen-bond donors (Lipinski definition) is 1. The van der Waals surface area contributed by atoms with Crippen LogP contribution in [-0.4, -0.2) is 57.1 Å². The van der Waals surface area contributed by atoms with E-state index in [0.29, 0.717) is 18.8 Å². The van der Waals surface area contributed by atoms with Crippen molar-refractivity contribution in [1.29, 1.82) is 0 Å². The molecule has 1 aromatic carbocycles. The molecule has 0 unspecified atom stereocenters. The molecule has 1 N–H and O–H groups in total. The van der Waals surface area contributed by atoms with Gasteiger partial charge in [-0.05, 0) is 38.2 Å². The fourth-order valence-electron chi connectivity index (χ4n) is 2.80. The topological polar surface area (TPSA) is 61.9 Å². The SMILES string of the molecule is CCN(C)CCNC(=O)[C@@H]1CC(=O)N(c2cc(C)ccc2OC)C1. The zero-order valence-electron chi connectivity index (χ0n) is 15.0. The molecule has 6 nitrogen and oxygen atoms in total. The van der Waals surface area contributed by atoms with Crippen LogP contribution < -0.4 is 15.0 Å². The Morgan fingerprint density at radius 1 is 1.46 bits per heavy atom. The van der Waals surface area contributed by atoms with E-state index >= 15 is 0 Å². The van der Waals surface area contributed by atoms with Gasteiger partial charge in [0.15, 0.2) is 0 Å². The van der Waals surface area contributed by atoms with E-state index in [-0.39, 0.29) is 24.2 Å². The second-order valence-electron chi connectivity index (χ2n) is 6.27. The summed E-state index contributed by atoms with van der Waals surface area (Å²) in [6.45, 7) is 6.79. The van der Waals surface area contributed by atoms with Crippen molar-refractivity contribution in [3.8, 4) is 5.75 Å². The Bertz CT molecular complexity index is 603. The van der Waals surface area contributed by atoms with E-state index in [1.165, 1.54) is 0 Å². The molecule has 1 aliphatic heterocycles. The number of aryl methyl sites for hydroxylation is 1. The van der Waals surface area contributed by atoms with Gasteiger partial charge in [0, 0.05) is 26.1 Å². The summed E-state index contributed by atoms with van der Waals surface area (Å²) in [4.78, 5) is 28.5. The first-order valence-corrected chi connectivity index (χ1v) is 8.37. The van der Waals surface area contributed by atoms with E-state index < -0.39 is 0 Å². The smallest absolute Gasteiger partial charge is 0.227 e. The number of rotatable bonds is 7. The van der Waals surface area contributed by atoms with Gasteiger partial charge in [-0.1, -0.05) is 13.0 Å². The minimum absolute atomic E-state index is 0.0373. The van der Waals surface area contributed by atoms with Crippen LogP contribution in [0.2, 0.25) is 0 Å². The minimum atomic E-state index is -0.311. The highest BCUT2D eigenvalue weighted by Crippen LogP contribution is 2.33. The molecule has 2 amide bonds. The molecule has 1 aliphatic rings. The van der Waals surface area contributed by atoms with Crippen LogP contribution in [-0.2, 0) is 9.59 Å². The molecule has 132 valence electrons. The Morgan fingerprint density at radius 3 is 2.88 bits per heavy atom. The van der Waals surface area contributed by atoms with Crippen LogP contribution >= 0.6 is 0 Å². The molecule has 0 aromatic heterocycles. The standard InChI is InChI=1S/C18H27N3O3/c1-5-20(3)9-8-19-18(23)14-11-17(22)21(12-14)15-10-13(2)6-7-16(15)24-4/h6-7,10,14H,5,8-9,11-12H2,1-4H3,(H,19,23)/t14-/m1/s1. The van der Waals surface area contributed by atoms with E-state index in [1.54, 1.807) is 12.0 Å². The van der Waals surface area contributed by atoms with E-state index in [4.69, 9.17) is 4.74 Å². The highest BCUT2D eigenvalue weighted by atomic mass is 16.5. The van der Waals surface area contributed by atoms with E-state index in [9.17, 15) is 9.59 Å². The molecule has 6 heteroatoms. The molecule has 1 aromatic rings. The minimum Gasteiger partial charge on any atom is -0.495 e. The first-order chi connectivity index (χ1) is 11.5.